The van der Waals surface area contributed by atoms with Crippen LogP contribution in [-0.2, 0) is 13.0 Å². The van der Waals surface area contributed by atoms with Crippen molar-refractivity contribution in [3.05, 3.63) is 99.1 Å². The van der Waals surface area contributed by atoms with E-state index >= 15 is 0 Å². The van der Waals surface area contributed by atoms with Gasteiger partial charge in [0.25, 0.3) is 5.56 Å². The summed E-state index contributed by atoms with van der Waals surface area (Å²) in [7, 11) is 0. The molecule has 6 nitrogen and oxygen atoms in total. The molecule has 8 heteroatoms. The van der Waals surface area contributed by atoms with E-state index in [0.29, 0.717) is 45.6 Å². The maximum absolute atomic E-state index is 13.4. The molecule has 2 aromatic carbocycles. The SMILES string of the molecule is O=c1c2cnn(-c3ccc(Cl)cc3)c2nc(-c2ccco2)n1CCc1ccc(Cl)cc1. The zero-order valence-electron chi connectivity index (χ0n) is 16.2. The van der Waals surface area contributed by atoms with Crippen LogP contribution < -0.4 is 5.56 Å². The molecule has 0 fully saturated rings. The summed E-state index contributed by atoms with van der Waals surface area (Å²) in [5, 5.41) is 6.13. The Labute approximate surface area is 187 Å². The standard InChI is InChI=1S/C23H16Cl2N4O2/c24-16-5-3-15(4-6-16)11-12-28-22(20-2-1-13-31-20)27-21-19(23(28)30)14-26-29(21)18-9-7-17(25)8-10-18/h1-10,13-14H,11-12H2. The summed E-state index contributed by atoms with van der Waals surface area (Å²) in [6.07, 6.45) is 3.75. The zero-order valence-corrected chi connectivity index (χ0v) is 17.7. The molecule has 0 aliphatic rings. The van der Waals surface area contributed by atoms with Crippen molar-refractivity contribution in [1.29, 1.82) is 0 Å². The fraction of sp³-hybridized carbons (Fsp3) is 0.0870. The number of hydrogen-bond donors (Lipinski definition) is 0. The third-order valence-corrected chi connectivity index (χ3v) is 5.54. The van der Waals surface area contributed by atoms with Crippen LogP contribution in [0.1, 0.15) is 5.56 Å². The van der Waals surface area contributed by atoms with Gasteiger partial charge in [0.15, 0.2) is 17.2 Å². The van der Waals surface area contributed by atoms with Gasteiger partial charge in [0.05, 0.1) is 18.1 Å². The number of benzene rings is 2. The van der Waals surface area contributed by atoms with Gasteiger partial charge in [0.2, 0.25) is 0 Å². The molecule has 0 spiro atoms. The lowest BCUT2D eigenvalue weighted by Crippen LogP contribution is -2.24. The Hall–Kier alpha value is -3.35. The van der Waals surface area contributed by atoms with Gasteiger partial charge in [-0.15, -0.1) is 0 Å². The first-order valence-corrected chi connectivity index (χ1v) is 10.4. The van der Waals surface area contributed by atoms with Gasteiger partial charge in [0.1, 0.15) is 5.39 Å². The van der Waals surface area contributed by atoms with Crippen LogP contribution in [0.2, 0.25) is 10.0 Å². The van der Waals surface area contributed by atoms with Gasteiger partial charge in [-0.2, -0.15) is 5.10 Å². The molecule has 0 N–H and O–H groups in total. The molecule has 3 aromatic heterocycles. The lowest BCUT2D eigenvalue weighted by Gasteiger charge is -2.12. The van der Waals surface area contributed by atoms with Crippen LogP contribution in [0.15, 0.2) is 82.3 Å². The van der Waals surface area contributed by atoms with Gasteiger partial charge >= 0.3 is 0 Å². The highest BCUT2D eigenvalue weighted by atomic mass is 35.5. The monoisotopic (exact) mass is 450 g/mol. The topological polar surface area (TPSA) is 65.8 Å². The van der Waals surface area contributed by atoms with Crippen LogP contribution >= 0.6 is 23.2 Å². The third kappa shape index (κ3) is 3.76. The number of fused-ring (bicyclic) bond motifs is 1. The Morgan fingerprint density at radius 2 is 1.65 bits per heavy atom. The van der Waals surface area contributed by atoms with Crippen molar-refractivity contribution in [3.63, 3.8) is 0 Å². The molecule has 0 aliphatic carbocycles. The molecule has 0 bridgehead atoms. The Balaban J connectivity index is 1.63. The first-order valence-electron chi connectivity index (χ1n) is 9.63. The minimum atomic E-state index is -0.175. The normalized spacial score (nSPS) is 11.3. The second-order valence-corrected chi connectivity index (χ2v) is 7.89. The number of hydrogen-bond acceptors (Lipinski definition) is 4. The highest BCUT2D eigenvalue weighted by Crippen LogP contribution is 2.22. The summed E-state index contributed by atoms with van der Waals surface area (Å²) in [4.78, 5) is 18.2. The minimum absolute atomic E-state index is 0.175. The second-order valence-electron chi connectivity index (χ2n) is 7.02. The predicted molar refractivity (Wildman–Crippen MR) is 121 cm³/mol. The van der Waals surface area contributed by atoms with E-state index in [2.05, 4.69) is 5.10 Å². The van der Waals surface area contributed by atoms with Crippen LogP contribution in [0.3, 0.4) is 0 Å². The molecule has 0 atom stereocenters. The first-order chi connectivity index (χ1) is 15.1. The van der Waals surface area contributed by atoms with Gasteiger partial charge in [-0.25, -0.2) is 9.67 Å². The van der Waals surface area contributed by atoms with E-state index in [1.807, 2.05) is 36.4 Å². The van der Waals surface area contributed by atoms with Crippen LogP contribution in [0.4, 0.5) is 0 Å². The molecular formula is C23H16Cl2N4O2. The number of halogens is 2. The van der Waals surface area contributed by atoms with Crippen molar-refractivity contribution in [3.8, 4) is 17.3 Å². The van der Waals surface area contributed by atoms with E-state index in [4.69, 9.17) is 32.6 Å². The van der Waals surface area contributed by atoms with E-state index in [1.165, 1.54) is 0 Å². The zero-order chi connectivity index (χ0) is 21.4. The molecule has 5 rings (SSSR count). The number of furan rings is 1. The third-order valence-electron chi connectivity index (χ3n) is 5.04. The average Bonchev–Trinajstić information content (AvgIpc) is 3.45. The smallest absolute Gasteiger partial charge is 0.265 e. The Morgan fingerprint density at radius 1 is 0.935 bits per heavy atom. The van der Waals surface area contributed by atoms with Crippen molar-refractivity contribution in [2.24, 2.45) is 0 Å². The summed E-state index contributed by atoms with van der Waals surface area (Å²) in [5.41, 5.74) is 2.11. The molecule has 5 aromatic rings. The highest BCUT2D eigenvalue weighted by Gasteiger charge is 2.18. The fourth-order valence-electron chi connectivity index (χ4n) is 3.47. The number of nitrogens with zero attached hydrogens (tertiary/aromatic N) is 4. The predicted octanol–water partition coefficient (Wildman–Crippen LogP) is 5.39. The molecule has 31 heavy (non-hydrogen) atoms. The molecular weight excluding hydrogens is 435 g/mol. The summed E-state index contributed by atoms with van der Waals surface area (Å²) < 4.78 is 8.84. The van der Waals surface area contributed by atoms with E-state index in [9.17, 15) is 4.79 Å². The molecule has 0 saturated carbocycles. The number of aryl methyl sites for hydroxylation is 1. The van der Waals surface area contributed by atoms with Crippen LogP contribution in [0.5, 0.6) is 0 Å². The number of rotatable bonds is 5. The van der Waals surface area contributed by atoms with Gasteiger partial charge in [0, 0.05) is 16.6 Å². The lowest BCUT2D eigenvalue weighted by molar-refractivity contribution is 0.562. The fourth-order valence-corrected chi connectivity index (χ4v) is 3.72. The molecule has 0 amide bonds. The van der Waals surface area contributed by atoms with Crippen LogP contribution in [0, 0.1) is 0 Å². The maximum Gasteiger partial charge on any atom is 0.265 e. The van der Waals surface area contributed by atoms with E-state index in [-0.39, 0.29) is 5.56 Å². The van der Waals surface area contributed by atoms with Crippen molar-refractivity contribution >= 4 is 34.2 Å². The van der Waals surface area contributed by atoms with Crippen LogP contribution in [-0.4, -0.2) is 19.3 Å². The van der Waals surface area contributed by atoms with Crippen molar-refractivity contribution in [2.75, 3.05) is 0 Å². The Morgan fingerprint density at radius 3 is 2.32 bits per heavy atom. The molecule has 0 radical (unpaired) electrons. The first kappa shape index (κ1) is 19.6. The molecule has 154 valence electrons. The van der Waals surface area contributed by atoms with Crippen LogP contribution in [0.25, 0.3) is 28.3 Å². The average molecular weight is 451 g/mol. The van der Waals surface area contributed by atoms with Crippen molar-refractivity contribution < 1.29 is 4.42 Å². The van der Waals surface area contributed by atoms with Gasteiger partial charge in [-0.05, 0) is 60.5 Å². The minimum Gasteiger partial charge on any atom is -0.461 e. The largest absolute Gasteiger partial charge is 0.461 e. The van der Waals surface area contributed by atoms with Crippen molar-refractivity contribution in [2.45, 2.75) is 13.0 Å². The van der Waals surface area contributed by atoms with Gasteiger partial charge in [-0.3, -0.25) is 9.36 Å². The highest BCUT2D eigenvalue weighted by molar-refractivity contribution is 6.30. The number of aromatic nitrogens is 4. The molecule has 3 heterocycles. The van der Waals surface area contributed by atoms with Crippen molar-refractivity contribution in [1.82, 2.24) is 19.3 Å². The van der Waals surface area contributed by atoms with Gasteiger partial charge < -0.3 is 4.42 Å². The van der Waals surface area contributed by atoms with Gasteiger partial charge in [-0.1, -0.05) is 35.3 Å². The quantitative estimate of drug-likeness (QED) is 0.359. The molecule has 0 unspecified atom stereocenters. The van der Waals surface area contributed by atoms with E-state index in [0.717, 1.165) is 11.3 Å². The Kier molecular flexibility index (Phi) is 5.10. The summed E-state index contributed by atoms with van der Waals surface area (Å²) in [5.74, 6) is 0.964. The van der Waals surface area contributed by atoms with E-state index in [1.54, 1.807) is 46.0 Å². The summed E-state index contributed by atoms with van der Waals surface area (Å²) >= 11 is 12.0. The van der Waals surface area contributed by atoms with E-state index < -0.39 is 0 Å². The second kappa shape index (κ2) is 8.06. The summed E-state index contributed by atoms with van der Waals surface area (Å²) in [6, 6.07) is 18.3. The molecule has 0 aliphatic heterocycles. The summed E-state index contributed by atoms with van der Waals surface area (Å²) in [6.45, 7) is 0.436. The molecule has 0 saturated heterocycles. The lowest BCUT2D eigenvalue weighted by atomic mass is 10.1. The Bertz CT molecular complexity index is 1400. The maximum atomic E-state index is 13.4.